The molecule has 1 heterocycles. The van der Waals surface area contributed by atoms with Crippen molar-refractivity contribution in [1.29, 1.82) is 0 Å². The van der Waals surface area contributed by atoms with Crippen molar-refractivity contribution in [3.8, 4) is 0 Å². The summed E-state index contributed by atoms with van der Waals surface area (Å²) in [4.78, 5) is 21.6. The normalized spacial score (nSPS) is 10.5. The molecule has 1 amide bonds. The maximum absolute atomic E-state index is 12.1. The van der Waals surface area contributed by atoms with Crippen LogP contribution in [0, 0.1) is 0 Å². The summed E-state index contributed by atoms with van der Waals surface area (Å²) in [6, 6.07) is 0.149. The Morgan fingerprint density at radius 1 is 1.44 bits per heavy atom. The second-order valence-electron chi connectivity index (χ2n) is 3.76. The Balaban J connectivity index is 2.75. The van der Waals surface area contributed by atoms with E-state index < -0.39 is 0 Å². The number of carbonyl (C=O) groups excluding carboxylic acids is 1. The van der Waals surface area contributed by atoms with Gasteiger partial charge in [-0.15, -0.1) is 11.6 Å². The van der Waals surface area contributed by atoms with E-state index in [4.69, 9.17) is 11.6 Å². The van der Waals surface area contributed by atoms with E-state index in [1.807, 2.05) is 13.8 Å². The lowest BCUT2D eigenvalue weighted by atomic mass is 10.2. The van der Waals surface area contributed by atoms with Crippen LogP contribution in [-0.4, -0.2) is 39.2 Å². The van der Waals surface area contributed by atoms with Gasteiger partial charge in [0.1, 0.15) is 6.33 Å². The van der Waals surface area contributed by atoms with Gasteiger partial charge >= 0.3 is 0 Å². The Labute approximate surface area is 101 Å². The summed E-state index contributed by atoms with van der Waals surface area (Å²) < 4.78 is 0. The first-order chi connectivity index (χ1) is 7.66. The van der Waals surface area contributed by atoms with Crippen LogP contribution in [0.4, 0.5) is 0 Å². The zero-order chi connectivity index (χ0) is 12.0. The minimum Gasteiger partial charge on any atom is -0.336 e. The first-order valence-electron chi connectivity index (χ1n) is 5.28. The van der Waals surface area contributed by atoms with Gasteiger partial charge < -0.3 is 4.90 Å². The fraction of sp³-hybridized carbons (Fsp3) is 0.545. The number of rotatable bonds is 5. The van der Waals surface area contributed by atoms with Crippen LogP contribution in [0.1, 0.15) is 30.6 Å². The summed E-state index contributed by atoms with van der Waals surface area (Å²) in [5.74, 6) is 0.516. The Hall–Kier alpha value is -1.16. The van der Waals surface area contributed by atoms with E-state index in [0.29, 0.717) is 18.0 Å². The van der Waals surface area contributed by atoms with Crippen molar-refractivity contribution < 1.29 is 4.79 Å². The number of nitrogens with zero attached hydrogens (tertiary/aromatic N) is 3. The average molecular weight is 242 g/mol. The van der Waals surface area contributed by atoms with Crippen molar-refractivity contribution in [3.05, 3.63) is 24.3 Å². The molecule has 0 fully saturated rings. The third-order valence-corrected chi connectivity index (χ3v) is 2.49. The Kier molecular flexibility index (Phi) is 5.19. The molecule has 0 saturated carbocycles. The standard InChI is InChI=1S/C11H16ClN3O/c1-9(2)15(5-3-4-12)11(16)10-6-13-8-14-7-10/h6-9H,3-5H2,1-2H3. The highest BCUT2D eigenvalue weighted by atomic mass is 35.5. The van der Waals surface area contributed by atoms with Crippen LogP contribution < -0.4 is 0 Å². The van der Waals surface area contributed by atoms with Gasteiger partial charge in [0, 0.05) is 30.9 Å². The van der Waals surface area contributed by atoms with Gasteiger partial charge in [-0.2, -0.15) is 0 Å². The van der Waals surface area contributed by atoms with Gasteiger partial charge in [0.2, 0.25) is 0 Å². The van der Waals surface area contributed by atoms with E-state index in [0.717, 1.165) is 6.42 Å². The minimum atomic E-state index is -0.0410. The highest BCUT2D eigenvalue weighted by Gasteiger charge is 2.18. The van der Waals surface area contributed by atoms with E-state index in [-0.39, 0.29) is 11.9 Å². The number of aromatic nitrogens is 2. The molecule has 1 rings (SSSR count). The van der Waals surface area contributed by atoms with E-state index in [1.54, 1.807) is 4.90 Å². The van der Waals surface area contributed by atoms with Gasteiger partial charge in [0.25, 0.3) is 5.91 Å². The lowest BCUT2D eigenvalue weighted by molar-refractivity contribution is 0.0705. The fourth-order valence-corrected chi connectivity index (χ4v) is 1.52. The molecule has 0 aliphatic rings. The van der Waals surface area contributed by atoms with Crippen molar-refractivity contribution in [1.82, 2.24) is 14.9 Å². The van der Waals surface area contributed by atoms with Crippen molar-refractivity contribution >= 4 is 17.5 Å². The molecule has 1 aromatic heterocycles. The number of hydrogen-bond acceptors (Lipinski definition) is 3. The van der Waals surface area contributed by atoms with Crippen molar-refractivity contribution in [2.75, 3.05) is 12.4 Å². The lowest BCUT2D eigenvalue weighted by Crippen LogP contribution is -2.38. The number of halogens is 1. The van der Waals surface area contributed by atoms with Crippen LogP contribution in [0.25, 0.3) is 0 Å². The molecular formula is C11H16ClN3O. The molecule has 5 heteroatoms. The maximum Gasteiger partial charge on any atom is 0.257 e. The summed E-state index contributed by atoms with van der Waals surface area (Å²) in [7, 11) is 0. The molecule has 0 unspecified atom stereocenters. The van der Waals surface area contributed by atoms with Crippen LogP contribution in [-0.2, 0) is 0 Å². The number of hydrogen-bond donors (Lipinski definition) is 0. The molecule has 0 aromatic carbocycles. The first-order valence-corrected chi connectivity index (χ1v) is 5.82. The molecule has 0 aliphatic heterocycles. The summed E-state index contributed by atoms with van der Waals surface area (Å²) in [5, 5.41) is 0. The molecule has 0 aliphatic carbocycles. The molecule has 1 aromatic rings. The lowest BCUT2D eigenvalue weighted by Gasteiger charge is -2.26. The monoisotopic (exact) mass is 241 g/mol. The molecule has 4 nitrogen and oxygen atoms in total. The summed E-state index contributed by atoms with van der Waals surface area (Å²) in [5.41, 5.74) is 0.519. The zero-order valence-corrected chi connectivity index (χ0v) is 10.3. The predicted molar refractivity (Wildman–Crippen MR) is 63.5 cm³/mol. The zero-order valence-electron chi connectivity index (χ0n) is 9.56. The van der Waals surface area contributed by atoms with Crippen molar-refractivity contribution in [3.63, 3.8) is 0 Å². The molecule has 0 atom stereocenters. The van der Waals surface area contributed by atoms with E-state index in [9.17, 15) is 4.79 Å². The van der Waals surface area contributed by atoms with Gasteiger partial charge in [-0.3, -0.25) is 4.79 Å². The molecule has 0 N–H and O–H groups in total. The van der Waals surface area contributed by atoms with E-state index in [2.05, 4.69) is 9.97 Å². The Morgan fingerprint density at radius 2 is 2.06 bits per heavy atom. The van der Waals surface area contributed by atoms with Gasteiger partial charge in [0.05, 0.1) is 5.56 Å². The third-order valence-electron chi connectivity index (χ3n) is 2.22. The van der Waals surface area contributed by atoms with Gasteiger partial charge in [-0.25, -0.2) is 9.97 Å². The summed E-state index contributed by atoms with van der Waals surface area (Å²) >= 11 is 5.64. The predicted octanol–water partition coefficient (Wildman–Crippen LogP) is 1.96. The van der Waals surface area contributed by atoms with Gasteiger partial charge in [0.15, 0.2) is 0 Å². The van der Waals surface area contributed by atoms with Crippen LogP contribution >= 0.6 is 11.6 Å². The molecule has 0 bridgehead atoms. The van der Waals surface area contributed by atoms with Crippen molar-refractivity contribution in [2.24, 2.45) is 0 Å². The van der Waals surface area contributed by atoms with Gasteiger partial charge in [-0.1, -0.05) is 0 Å². The molecule has 16 heavy (non-hydrogen) atoms. The van der Waals surface area contributed by atoms with Crippen LogP contribution in [0.3, 0.4) is 0 Å². The summed E-state index contributed by atoms with van der Waals surface area (Å²) in [6.07, 6.45) is 5.27. The highest BCUT2D eigenvalue weighted by Crippen LogP contribution is 2.07. The number of alkyl halides is 1. The van der Waals surface area contributed by atoms with E-state index >= 15 is 0 Å². The maximum atomic E-state index is 12.1. The largest absolute Gasteiger partial charge is 0.336 e. The van der Waals surface area contributed by atoms with Gasteiger partial charge in [-0.05, 0) is 20.3 Å². The van der Waals surface area contributed by atoms with Crippen LogP contribution in [0.2, 0.25) is 0 Å². The molecule has 0 saturated heterocycles. The van der Waals surface area contributed by atoms with Crippen molar-refractivity contribution in [2.45, 2.75) is 26.3 Å². The molecule has 0 radical (unpaired) electrons. The molecular weight excluding hydrogens is 226 g/mol. The number of carbonyl (C=O) groups is 1. The quantitative estimate of drug-likeness (QED) is 0.741. The first kappa shape index (κ1) is 12.9. The smallest absolute Gasteiger partial charge is 0.257 e. The minimum absolute atomic E-state index is 0.0410. The number of amides is 1. The Bertz CT molecular complexity index is 329. The van der Waals surface area contributed by atoms with Crippen LogP contribution in [0.5, 0.6) is 0 Å². The SMILES string of the molecule is CC(C)N(CCCCl)C(=O)c1cncnc1. The highest BCUT2D eigenvalue weighted by molar-refractivity contribution is 6.17. The topological polar surface area (TPSA) is 46.1 Å². The van der Waals surface area contributed by atoms with Crippen LogP contribution in [0.15, 0.2) is 18.7 Å². The fourth-order valence-electron chi connectivity index (χ4n) is 1.40. The molecule has 88 valence electrons. The second-order valence-corrected chi connectivity index (χ2v) is 4.14. The average Bonchev–Trinajstić information content (AvgIpc) is 2.30. The Morgan fingerprint density at radius 3 is 2.56 bits per heavy atom. The molecule has 0 spiro atoms. The third kappa shape index (κ3) is 3.45. The van der Waals surface area contributed by atoms with E-state index in [1.165, 1.54) is 18.7 Å². The second kappa shape index (κ2) is 6.43. The summed E-state index contributed by atoms with van der Waals surface area (Å²) in [6.45, 7) is 4.63.